The summed E-state index contributed by atoms with van der Waals surface area (Å²) < 4.78 is 10.9. The first-order chi connectivity index (χ1) is 12.9. The number of nitrogens with two attached hydrogens (primary N) is 1. The van der Waals surface area contributed by atoms with Crippen LogP contribution < -0.4 is 15.2 Å². The van der Waals surface area contributed by atoms with E-state index in [2.05, 4.69) is 10.2 Å². The van der Waals surface area contributed by atoms with E-state index in [1.165, 1.54) is 6.07 Å². The number of carbonyl (C=O) groups excluding carboxylic acids is 1. The van der Waals surface area contributed by atoms with Gasteiger partial charge in [0.15, 0.2) is 17.5 Å². The lowest BCUT2D eigenvalue weighted by Gasteiger charge is -2.16. The van der Waals surface area contributed by atoms with Crippen molar-refractivity contribution in [2.24, 2.45) is 16.0 Å². The summed E-state index contributed by atoms with van der Waals surface area (Å²) in [5.74, 6) is 0.616. The molecule has 2 aliphatic rings. The molecule has 138 valence electrons. The Bertz CT molecular complexity index is 988. The molecule has 4 rings (SSSR count). The van der Waals surface area contributed by atoms with Crippen LogP contribution in [-0.4, -0.2) is 23.7 Å². The monoisotopic (exact) mass is 368 g/mol. The minimum Gasteiger partial charge on any atom is -0.454 e. The second-order valence-electron chi connectivity index (χ2n) is 6.46. The van der Waals surface area contributed by atoms with Gasteiger partial charge in [-0.15, -0.1) is 0 Å². The van der Waals surface area contributed by atoms with Crippen molar-refractivity contribution in [3.8, 4) is 11.5 Å². The molecule has 0 fully saturated rings. The number of carbonyl (C=O) groups is 1. The van der Waals surface area contributed by atoms with E-state index in [0.29, 0.717) is 23.5 Å². The van der Waals surface area contributed by atoms with Crippen LogP contribution in [0.25, 0.3) is 0 Å². The van der Waals surface area contributed by atoms with Gasteiger partial charge >= 0.3 is 0 Å². The molecule has 2 aliphatic heterocycles. The maximum absolute atomic E-state index is 11.7. The molecule has 2 N–H and O–H groups in total. The number of nitrogens with zero attached hydrogens (tertiary/aromatic N) is 3. The zero-order valence-electron chi connectivity index (χ0n) is 14.4. The Morgan fingerprint density at radius 1 is 1.22 bits per heavy atom. The Kier molecular flexibility index (Phi) is 3.98. The van der Waals surface area contributed by atoms with Gasteiger partial charge in [-0.1, -0.05) is 0 Å². The fraction of sp³-hybridized carbons (Fsp3) is 0.278. The van der Waals surface area contributed by atoms with Crippen LogP contribution in [0.3, 0.4) is 0 Å². The zero-order valence-corrected chi connectivity index (χ0v) is 14.4. The maximum Gasteiger partial charge on any atom is 0.272 e. The molecule has 0 bridgehead atoms. The van der Waals surface area contributed by atoms with E-state index in [1.54, 1.807) is 19.1 Å². The molecule has 0 saturated heterocycles. The van der Waals surface area contributed by atoms with E-state index >= 15 is 0 Å². The highest BCUT2D eigenvalue weighted by molar-refractivity contribution is 5.80. The van der Waals surface area contributed by atoms with Gasteiger partial charge in [0.05, 0.1) is 4.92 Å². The number of nitro benzene ring substituents is 1. The van der Waals surface area contributed by atoms with Gasteiger partial charge < -0.3 is 15.2 Å². The lowest BCUT2D eigenvalue weighted by Crippen LogP contribution is -2.28. The number of rotatable bonds is 3. The predicted molar refractivity (Wildman–Crippen MR) is 93.8 cm³/mol. The van der Waals surface area contributed by atoms with Crippen molar-refractivity contribution in [3.63, 3.8) is 0 Å². The van der Waals surface area contributed by atoms with Gasteiger partial charge in [-0.3, -0.25) is 14.9 Å². The van der Waals surface area contributed by atoms with Crippen LogP contribution in [0.1, 0.15) is 28.3 Å². The number of primary amides is 1. The van der Waals surface area contributed by atoms with Crippen molar-refractivity contribution in [1.29, 1.82) is 0 Å². The molecule has 2 unspecified atom stereocenters. The molecule has 0 radical (unpaired) electrons. The van der Waals surface area contributed by atoms with E-state index in [4.69, 9.17) is 15.2 Å². The van der Waals surface area contributed by atoms with Crippen LogP contribution >= 0.6 is 0 Å². The van der Waals surface area contributed by atoms with Gasteiger partial charge in [-0.05, 0) is 47.9 Å². The van der Waals surface area contributed by atoms with Crippen molar-refractivity contribution in [1.82, 2.24) is 0 Å². The fourth-order valence-electron chi connectivity index (χ4n) is 3.35. The van der Waals surface area contributed by atoms with Gasteiger partial charge in [0.25, 0.3) is 5.69 Å². The van der Waals surface area contributed by atoms with Gasteiger partial charge in [-0.2, -0.15) is 10.2 Å². The number of aryl methyl sites for hydroxylation is 1. The topological polar surface area (TPSA) is 129 Å². The molecular weight excluding hydrogens is 352 g/mol. The Morgan fingerprint density at radius 3 is 2.63 bits per heavy atom. The molecule has 0 aliphatic carbocycles. The second kappa shape index (κ2) is 6.35. The highest BCUT2D eigenvalue weighted by atomic mass is 16.7. The molecule has 9 heteroatoms. The third-order valence-corrected chi connectivity index (χ3v) is 4.73. The Labute approximate surface area is 153 Å². The first-order valence-corrected chi connectivity index (χ1v) is 8.30. The van der Waals surface area contributed by atoms with Crippen molar-refractivity contribution in [2.45, 2.75) is 25.4 Å². The van der Waals surface area contributed by atoms with Crippen LogP contribution in [0.2, 0.25) is 0 Å². The van der Waals surface area contributed by atoms with Crippen LogP contribution in [0.4, 0.5) is 5.69 Å². The minimum atomic E-state index is -0.784. The molecule has 0 saturated carbocycles. The Hall–Kier alpha value is -3.49. The van der Waals surface area contributed by atoms with Gasteiger partial charge in [0.2, 0.25) is 12.7 Å². The van der Waals surface area contributed by atoms with E-state index < -0.39 is 22.9 Å². The predicted octanol–water partition coefficient (Wildman–Crippen LogP) is 2.58. The van der Waals surface area contributed by atoms with Crippen LogP contribution in [-0.2, 0) is 11.2 Å². The minimum absolute atomic E-state index is 0.0326. The van der Waals surface area contributed by atoms with E-state index in [0.717, 1.165) is 16.7 Å². The van der Waals surface area contributed by atoms with Crippen LogP contribution in [0.5, 0.6) is 11.5 Å². The Morgan fingerprint density at radius 2 is 1.96 bits per heavy atom. The normalized spacial score (nSPS) is 20.0. The van der Waals surface area contributed by atoms with Crippen molar-refractivity contribution in [3.05, 3.63) is 62.7 Å². The number of hydrogen-bond acceptors (Lipinski definition) is 7. The number of ether oxygens (including phenoxy) is 2. The lowest BCUT2D eigenvalue weighted by molar-refractivity contribution is -0.385. The summed E-state index contributed by atoms with van der Waals surface area (Å²) in [5.41, 5.74) is 8.36. The molecule has 27 heavy (non-hydrogen) atoms. The first-order valence-electron chi connectivity index (χ1n) is 8.30. The molecule has 2 aromatic carbocycles. The summed E-state index contributed by atoms with van der Waals surface area (Å²) in [6.45, 7) is 1.79. The molecular formula is C18H16N4O5. The molecule has 2 aromatic rings. The zero-order chi connectivity index (χ0) is 19.1. The molecule has 0 spiro atoms. The number of benzene rings is 2. The van der Waals surface area contributed by atoms with Crippen molar-refractivity contribution >= 4 is 11.6 Å². The third kappa shape index (κ3) is 2.97. The fourth-order valence-corrected chi connectivity index (χ4v) is 3.35. The molecule has 1 amide bonds. The van der Waals surface area contributed by atoms with E-state index in [-0.39, 0.29) is 12.5 Å². The largest absolute Gasteiger partial charge is 0.454 e. The highest BCUT2D eigenvalue weighted by Crippen LogP contribution is 2.42. The van der Waals surface area contributed by atoms with E-state index in [9.17, 15) is 14.9 Å². The second-order valence-corrected chi connectivity index (χ2v) is 6.46. The molecule has 9 nitrogen and oxygen atoms in total. The standard InChI is InChI=1S/C18H16N4O5/c1-9-4-10(2-3-14(9)22(24)25)17-12-7-16-15(26-8-27-16)6-11(12)5-13(18(19)23)20-21-17/h2-4,6-7,13,17H,5,8H2,1H3,(H2,19,23). The number of nitro groups is 1. The number of amides is 1. The van der Waals surface area contributed by atoms with Gasteiger partial charge in [-0.25, -0.2) is 0 Å². The third-order valence-electron chi connectivity index (χ3n) is 4.73. The molecule has 2 atom stereocenters. The summed E-state index contributed by atoms with van der Waals surface area (Å²) in [5, 5.41) is 19.5. The maximum atomic E-state index is 11.7. The quantitative estimate of drug-likeness (QED) is 0.657. The number of azo groups is 1. The van der Waals surface area contributed by atoms with Crippen molar-refractivity contribution < 1.29 is 19.2 Å². The molecule has 0 aromatic heterocycles. The summed E-state index contributed by atoms with van der Waals surface area (Å²) in [6, 6.07) is 7.13. The van der Waals surface area contributed by atoms with Crippen molar-refractivity contribution in [2.75, 3.05) is 6.79 Å². The first kappa shape index (κ1) is 17.0. The van der Waals surface area contributed by atoms with Gasteiger partial charge in [0.1, 0.15) is 6.04 Å². The SMILES string of the molecule is Cc1cc(C2N=NC(C(N)=O)Cc3cc4c(cc32)OCO4)ccc1[N+](=O)[O-]. The summed E-state index contributed by atoms with van der Waals surface area (Å²) in [7, 11) is 0. The van der Waals surface area contributed by atoms with E-state index in [1.807, 2.05) is 12.1 Å². The van der Waals surface area contributed by atoms with Gasteiger partial charge in [0, 0.05) is 18.1 Å². The number of fused-ring (bicyclic) bond motifs is 2. The summed E-state index contributed by atoms with van der Waals surface area (Å²) >= 11 is 0. The van der Waals surface area contributed by atoms with Crippen LogP contribution in [0.15, 0.2) is 40.6 Å². The summed E-state index contributed by atoms with van der Waals surface area (Å²) in [6.07, 6.45) is 0.299. The number of hydrogen-bond donors (Lipinski definition) is 1. The summed E-state index contributed by atoms with van der Waals surface area (Å²) in [4.78, 5) is 22.4. The average Bonchev–Trinajstić information content (AvgIpc) is 2.98. The molecule has 2 heterocycles. The van der Waals surface area contributed by atoms with Crippen LogP contribution in [0, 0.1) is 17.0 Å². The Balaban J connectivity index is 1.85. The average molecular weight is 368 g/mol. The lowest BCUT2D eigenvalue weighted by atomic mass is 9.91. The highest BCUT2D eigenvalue weighted by Gasteiger charge is 2.29. The smallest absolute Gasteiger partial charge is 0.272 e.